The molecular formula is C19H23NO3. The first-order chi connectivity index (χ1) is 11.1. The highest BCUT2D eigenvalue weighted by atomic mass is 16.5. The number of benzene rings is 2. The fourth-order valence-electron chi connectivity index (χ4n) is 2.33. The number of rotatable bonds is 7. The molecule has 1 atom stereocenters. The predicted octanol–water partition coefficient (Wildman–Crippen LogP) is 4.11. The molecule has 4 heteroatoms. The summed E-state index contributed by atoms with van der Waals surface area (Å²) in [5.74, 6) is 0.590. The van der Waals surface area contributed by atoms with Gasteiger partial charge in [0.05, 0.1) is 26.2 Å². The van der Waals surface area contributed by atoms with E-state index < -0.39 is 0 Å². The third-order valence-corrected chi connectivity index (χ3v) is 3.59. The van der Waals surface area contributed by atoms with Crippen LogP contribution >= 0.6 is 0 Å². The Labute approximate surface area is 137 Å². The topological polar surface area (TPSA) is 47.6 Å². The fourth-order valence-corrected chi connectivity index (χ4v) is 2.33. The van der Waals surface area contributed by atoms with Gasteiger partial charge in [-0.05, 0) is 43.7 Å². The number of anilines is 1. The van der Waals surface area contributed by atoms with E-state index in [4.69, 9.17) is 9.47 Å². The minimum absolute atomic E-state index is 0.136. The number of nitrogens with one attached hydrogen (secondary N) is 1. The molecule has 2 aromatic rings. The number of methoxy groups -OCH3 is 1. The summed E-state index contributed by atoms with van der Waals surface area (Å²) in [5, 5.41) is 3.40. The van der Waals surface area contributed by atoms with Crippen LogP contribution in [0.25, 0.3) is 0 Å². The lowest BCUT2D eigenvalue weighted by atomic mass is 10.0. The van der Waals surface area contributed by atoms with Crippen LogP contribution in [0.15, 0.2) is 48.5 Å². The Bertz CT molecular complexity index is 620. The molecule has 0 amide bonds. The zero-order valence-electron chi connectivity index (χ0n) is 13.8. The maximum atomic E-state index is 11.9. The molecule has 0 saturated carbocycles. The second kappa shape index (κ2) is 8.22. The van der Waals surface area contributed by atoms with Crippen molar-refractivity contribution in [1.82, 2.24) is 0 Å². The molecule has 0 aromatic heterocycles. The molecule has 1 N–H and O–H groups in total. The SMILES string of the molecule is CCOC(=O)C[C@H](Nc1ccc(OC)cc1)c1ccc(C)cc1. The summed E-state index contributed by atoms with van der Waals surface area (Å²) in [4.78, 5) is 11.9. The van der Waals surface area contributed by atoms with Gasteiger partial charge in [-0.2, -0.15) is 0 Å². The van der Waals surface area contributed by atoms with Gasteiger partial charge in [-0.25, -0.2) is 0 Å². The minimum atomic E-state index is -0.209. The summed E-state index contributed by atoms with van der Waals surface area (Å²) < 4.78 is 10.3. The second-order valence-electron chi connectivity index (χ2n) is 5.35. The predicted molar refractivity (Wildman–Crippen MR) is 91.8 cm³/mol. The lowest BCUT2D eigenvalue weighted by Gasteiger charge is -2.20. The first kappa shape index (κ1) is 16.9. The summed E-state index contributed by atoms with van der Waals surface area (Å²) in [6, 6.07) is 15.7. The number of carbonyl (C=O) groups excluding carboxylic acids is 1. The number of aryl methyl sites for hydroxylation is 1. The van der Waals surface area contributed by atoms with Crippen molar-refractivity contribution in [3.63, 3.8) is 0 Å². The summed E-state index contributed by atoms with van der Waals surface area (Å²) >= 11 is 0. The largest absolute Gasteiger partial charge is 0.497 e. The van der Waals surface area contributed by atoms with Crippen LogP contribution in [0.5, 0.6) is 5.75 Å². The Hall–Kier alpha value is -2.49. The van der Waals surface area contributed by atoms with Crippen LogP contribution in [0.2, 0.25) is 0 Å². The Morgan fingerprint density at radius 2 is 1.74 bits per heavy atom. The van der Waals surface area contributed by atoms with E-state index in [-0.39, 0.29) is 18.4 Å². The third kappa shape index (κ3) is 5.02. The first-order valence-corrected chi connectivity index (χ1v) is 7.75. The average Bonchev–Trinajstić information content (AvgIpc) is 2.56. The zero-order chi connectivity index (χ0) is 16.7. The third-order valence-electron chi connectivity index (χ3n) is 3.59. The van der Waals surface area contributed by atoms with Gasteiger partial charge in [0, 0.05) is 5.69 Å². The van der Waals surface area contributed by atoms with Crippen LogP contribution in [0.1, 0.15) is 30.5 Å². The molecule has 122 valence electrons. The van der Waals surface area contributed by atoms with Crippen LogP contribution in [0, 0.1) is 6.92 Å². The van der Waals surface area contributed by atoms with Gasteiger partial charge in [0.2, 0.25) is 0 Å². The lowest BCUT2D eigenvalue weighted by Crippen LogP contribution is -2.17. The van der Waals surface area contributed by atoms with Crippen molar-refractivity contribution in [1.29, 1.82) is 0 Å². The van der Waals surface area contributed by atoms with Crippen molar-refractivity contribution in [2.45, 2.75) is 26.3 Å². The summed E-state index contributed by atoms with van der Waals surface area (Å²) in [5.41, 5.74) is 3.17. The van der Waals surface area contributed by atoms with Crippen molar-refractivity contribution in [2.24, 2.45) is 0 Å². The van der Waals surface area contributed by atoms with E-state index in [0.717, 1.165) is 17.0 Å². The van der Waals surface area contributed by atoms with Gasteiger partial charge in [0.25, 0.3) is 0 Å². The van der Waals surface area contributed by atoms with Crippen molar-refractivity contribution in [2.75, 3.05) is 19.0 Å². The second-order valence-corrected chi connectivity index (χ2v) is 5.35. The first-order valence-electron chi connectivity index (χ1n) is 7.75. The van der Waals surface area contributed by atoms with Crippen LogP contribution in [0.3, 0.4) is 0 Å². The molecular weight excluding hydrogens is 290 g/mol. The number of carbonyl (C=O) groups is 1. The quantitative estimate of drug-likeness (QED) is 0.781. The molecule has 0 radical (unpaired) electrons. The number of hydrogen-bond acceptors (Lipinski definition) is 4. The van der Waals surface area contributed by atoms with E-state index >= 15 is 0 Å². The normalized spacial score (nSPS) is 11.6. The fraction of sp³-hybridized carbons (Fsp3) is 0.316. The van der Waals surface area contributed by atoms with Crippen LogP contribution in [0.4, 0.5) is 5.69 Å². The van der Waals surface area contributed by atoms with E-state index in [1.165, 1.54) is 5.56 Å². The van der Waals surface area contributed by atoms with Gasteiger partial charge in [0.15, 0.2) is 0 Å². The van der Waals surface area contributed by atoms with E-state index in [9.17, 15) is 4.79 Å². The average molecular weight is 313 g/mol. The molecule has 0 aliphatic rings. The van der Waals surface area contributed by atoms with E-state index in [0.29, 0.717) is 6.61 Å². The number of hydrogen-bond donors (Lipinski definition) is 1. The van der Waals surface area contributed by atoms with Gasteiger partial charge in [-0.15, -0.1) is 0 Å². The van der Waals surface area contributed by atoms with Gasteiger partial charge in [-0.3, -0.25) is 4.79 Å². The van der Waals surface area contributed by atoms with Crippen molar-refractivity contribution in [3.8, 4) is 5.75 Å². The van der Waals surface area contributed by atoms with Crippen LogP contribution in [-0.2, 0) is 9.53 Å². The van der Waals surface area contributed by atoms with Gasteiger partial charge in [0.1, 0.15) is 5.75 Å². The highest BCUT2D eigenvalue weighted by Crippen LogP contribution is 2.25. The van der Waals surface area contributed by atoms with Crippen LogP contribution < -0.4 is 10.1 Å². The highest BCUT2D eigenvalue weighted by Gasteiger charge is 2.17. The number of esters is 1. The molecule has 0 aliphatic heterocycles. The van der Waals surface area contributed by atoms with Gasteiger partial charge < -0.3 is 14.8 Å². The van der Waals surface area contributed by atoms with Gasteiger partial charge >= 0.3 is 5.97 Å². The van der Waals surface area contributed by atoms with Crippen molar-refractivity contribution in [3.05, 3.63) is 59.7 Å². The Morgan fingerprint density at radius 1 is 1.09 bits per heavy atom. The molecule has 0 unspecified atom stereocenters. The molecule has 23 heavy (non-hydrogen) atoms. The molecule has 0 heterocycles. The zero-order valence-corrected chi connectivity index (χ0v) is 13.8. The molecule has 0 aliphatic carbocycles. The lowest BCUT2D eigenvalue weighted by molar-refractivity contribution is -0.143. The van der Waals surface area contributed by atoms with Crippen molar-refractivity contribution >= 4 is 11.7 Å². The summed E-state index contributed by atoms with van der Waals surface area (Å²) in [7, 11) is 1.64. The molecule has 2 rings (SSSR count). The van der Waals surface area contributed by atoms with E-state index in [2.05, 4.69) is 5.32 Å². The standard InChI is InChI=1S/C19H23NO3/c1-4-23-19(21)13-18(15-7-5-14(2)6-8-15)20-16-9-11-17(22-3)12-10-16/h5-12,18,20H,4,13H2,1-3H3/t18-/m0/s1. The van der Waals surface area contributed by atoms with E-state index in [1.54, 1.807) is 7.11 Å². The van der Waals surface area contributed by atoms with Gasteiger partial charge in [-0.1, -0.05) is 29.8 Å². The monoisotopic (exact) mass is 313 g/mol. The van der Waals surface area contributed by atoms with Crippen LogP contribution in [-0.4, -0.2) is 19.7 Å². The summed E-state index contributed by atoms with van der Waals surface area (Å²) in [6.07, 6.45) is 0.281. The minimum Gasteiger partial charge on any atom is -0.497 e. The molecule has 0 fully saturated rings. The Kier molecular flexibility index (Phi) is 6.03. The Balaban J connectivity index is 2.17. The number of ether oxygens (including phenoxy) is 2. The van der Waals surface area contributed by atoms with Crippen molar-refractivity contribution < 1.29 is 14.3 Å². The Morgan fingerprint density at radius 3 is 2.30 bits per heavy atom. The van der Waals surface area contributed by atoms with E-state index in [1.807, 2.05) is 62.4 Å². The molecule has 0 spiro atoms. The highest BCUT2D eigenvalue weighted by molar-refractivity contribution is 5.71. The molecule has 4 nitrogen and oxygen atoms in total. The molecule has 0 saturated heterocycles. The molecule has 0 bridgehead atoms. The smallest absolute Gasteiger partial charge is 0.308 e. The summed E-state index contributed by atoms with van der Waals surface area (Å²) in [6.45, 7) is 4.25. The maximum Gasteiger partial charge on any atom is 0.308 e. The maximum absolute atomic E-state index is 11.9. The molecule has 2 aromatic carbocycles.